The summed E-state index contributed by atoms with van der Waals surface area (Å²) in [6.45, 7) is 2.55. The van der Waals surface area contributed by atoms with E-state index in [4.69, 9.17) is 4.74 Å². The van der Waals surface area contributed by atoms with Crippen LogP contribution in [0.1, 0.15) is 23.0 Å². The number of carbonyl (C=O) groups excluding carboxylic acids is 2. The van der Waals surface area contributed by atoms with E-state index in [1.54, 1.807) is 18.3 Å². The first-order valence-electron chi connectivity index (χ1n) is 5.16. The lowest BCUT2D eigenvalue weighted by Crippen LogP contribution is -2.31. The number of carbonyl (C=O) groups is 2. The number of rotatable bonds is 2. The van der Waals surface area contributed by atoms with Gasteiger partial charge in [-0.15, -0.1) is 0 Å². The third-order valence-corrected chi connectivity index (χ3v) is 2.43. The maximum absolute atomic E-state index is 11.9. The molecule has 2 heterocycles. The molecule has 2 rings (SSSR count). The van der Waals surface area contributed by atoms with Crippen molar-refractivity contribution >= 4 is 12.0 Å². The monoisotopic (exact) mass is 220 g/mol. The Morgan fingerprint density at radius 1 is 1.62 bits per heavy atom. The van der Waals surface area contributed by atoms with Gasteiger partial charge in [-0.3, -0.25) is 9.78 Å². The van der Waals surface area contributed by atoms with Gasteiger partial charge >= 0.3 is 6.09 Å². The van der Waals surface area contributed by atoms with Gasteiger partial charge in [-0.05, 0) is 18.6 Å². The van der Waals surface area contributed by atoms with E-state index in [2.05, 4.69) is 4.98 Å². The summed E-state index contributed by atoms with van der Waals surface area (Å²) in [6.07, 6.45) is 1.76. The third kappa shape index (κ3) is 1.88. The average Bonchev–Trinajstić information content (AvgIpc) is 2.74. The smallest absolute Gasteiger partial charge is 0.416 e. The predicted molar refractivity (Wildman–Crippen MR) is 56.0 cm³/mol. The van der Waals surface area contributed by atoms with Gasteiger partial charge in [0.25, 0.3) is 5.91 Å². The van der Waals surface area contributed by atoms with Gasteiger partial charge in [-0.1, -0.05) is 6.92 Å². The van der Waals surface area contributed by atoms with Crippen molar-refractivity contribution in [3.05, 3.63) is 29.6 Å². The molecule has 1 aliphatic heterocycles. The van der Waals surface area contributed by atoms with E-state index in [0.717, 1.165) is 17.0 Å². The van der Waals surface area contributed by atoms with Gasteiger partial charge in [-0.25, -0.2) is 9.69 Å². The van der Waals surface area contributed by atoms with Crippen LogP contribution in [0.15, 0.2) is 18.3 Å². The molecule has 0 saturated carbocycles. The standard InChI is InChI=1S/C11H12N2O3/c1-2-9-7-8(3-4-12-9)10(14)13-5-6-16-11(13)15/h3-4,7H,2,5-6H2,1H3. The van der Waals surface area contributed by atoms with Gasteiger partial charge in [0.15, 0.2) is 0 Å². The van der Waals surface area contributed by atoms with Gasteiger partial charge < -0.3 is 4.74 Å². The van der Waals surface area contributed by atoms with E-state index < -0.39 is 6.09 Å². The second kappa shape index (κ2) is 4.30. The van der Waals surface area contributed by atoms with E-state index in [1.165, 1.54) is 0 Å². The molecule has 5 heteroatoms. The fraction of sp³-hybridized carbons (Fsp3) is 0.364. The van der Waals surface area contributed by atoms with Gasteiger partial charge in [-0.2, -0.15) is 0 Å². The van der Waals surface area contributed by atoms with E-state index in [-0.39, 0.29) is 12.5 Å². The highest BCUT2D eigenvalue weighted by Gasteiger charge is 2.29. The number of cyclic esters (lactones) is 1. The summed E-state index contributed by atoms with van der Waals surface area (Å²) < 4.78 is 4.72. The average molecular weight is 220 g/mol. The van der Waals surface area contributed by atoms with Crippen LogP contribution >= 0.6 is 0 Å². The van der Waals surface area contributed by atoms with Crippen LogP contribution in [-0.2, 0) is 11.2 Å². The van der Waals surface area contributed by atoms with Crippen LogP contribution in [0.2, 0.25) is 0 Å². The lowest BCUT2D eigenvalue weighted by molar-refractivity contribution is 0.0809. The Morgan fingerprint density at radius 2 is 2.44 bits per heavy atom. The van der Waals surface area contributed by atoms with Gasteiger partial charge in [0.2, 0.25) is 0 Å². The fourth-order valence-corrected chi connectivity index (χ4v) is 1.54. The second-order valence-electron chi connectivity index (χ2n) is 3.46. The van der Waals surface area contributed by atoms with Crippen LogP contribution in [0.25, 0.3) is 0 Å². The molecule has 16 heavy (non-hydrogen) atoms. The summed E-state index contributed by atoms with van der Waals surface area (Å²) in [4.78, 5) is 28.3. The molecule has 1 aromatic heterocycles. The maximum Gasteiger partial charge on any atom is 0.416 e. The molecule has 2 amide bonds. The van der Waals surface area contributed by atoms with E-state index in [9.17, 15) is 9.59 Å². The first-order valence-corrected chi connectivity index (χ1v) is 5.16. The number of pyridine rings is 1. The number of nitrogens with zero attached hydrogens (tertiary/aromatic N) is 2. The summed E-state index contributed by atoms with van der Waals surface area (Å²) in [6, 6.07) is 3.31. The number of hydrogen-bond acceptors (Lipinski definition) is 4. The number of imide groups is 1. The molecule has 0 atom stereocenters. The molecule has 1 aliphatic rings. The van der Waals surface area contributed by atoms with Crippen LogP contribution in [0.5, 0.6) is 0 Å². The van der Waals surface area contributed by atoms with Crippen LogP contribution in [0.4, 0.5) is 4.79 Å². The third-order valence-electron chi connectivity index (χ3n) is 2.43. The highest BCUT2D eigenvalue weighted by atomic mass is 16.6. The van der Waals surface area contributed by atoms with E-state index in [1.807, 2.05) is 6.92 Å². The van der Waals surface area contributed by atoms with Crippen LogP contribution < -0.4 is 0 Å². The fourth-order valence-electron chi connectivity index (χ4n) is 1.54. The molecule has 0 radical (unpaired) electrons. The van der Waals surface area contributed by atoms with Gasteiger partial charge in [0.05, 0.1) is 6.54 Å². The zero-order chi connectivity index (χ0) is 11.5. The summed E-state index contributed by atoms with van der Waals surface area (Å²) in [5.41, 5.74) is 1.31. The Morgan fingerprint density at radius 3 is 3.06 bits per heavy atom. The minimum Gasteiger partial charge on any atom is -0.447 e. The Labute approximate surface area is 93.0 Å². The topological polar surface area (TPSA) is 59.5 Å². The van der Waals surface area contributed by atoms with Crippen molar-refractivity contribution in [2.75, 3.05) is 13.2 Å². The lowest BCUT2D eigenvalue weighted by atomic mass is 10.2. The highest BCUT2D eigenvalue weighted by Crippen LogP contribution is 2.11. The minimum atomic E-state index is -0.570. The Bertz CT molecular complexity index is 431. The molecular weight excluding hydrogens is 208 g/mol. The SMILES string of the molecule is CCc1cc(C(=O)N2CCOC2=O)ccn1. The Hall–Kier alpha value is -1.91. The van der Waals surface area contributed by atoms with Crippen molar-refractivity contribution in [2.45, 2.75) is 13.3 Å². The quantitative estimate of drug-likeness (QED) is 0.752. The minimum absolute atomic E-state index is 0.274. The molecule has 0 aliphatic carbocycles. The van der Waals surface area contributed by atoms with Crippen molar-refractivity contribution in [2.24, 2.45) is 0 Å². The molecule has 0 aromatic carbocycles. The molecule has 84 valence electrons. The molecule has 1 saturated heterocycles. The summed E-state index contributed by atoms with van der Waals surface area (Å²) >= 11 is 0. The summed E-state index contributed by atoms with van der Waals surface area (Å²) in [7, 11) is 0. The van der Waals surface area contributed by atoms with E-state index in [0.29, 0.717) is 12.1 Å². The van der Waals surface area contributed by atoms with Gasteiger partial charge in [0, 0.05) is 17.5 Å². The molecule has 0 unspecified atom stereocenters. The zero-order valence-corrected chi connectivity index (χ0v) is 8.97. The largest absolute Gasteiger partial charge is 0.447 e. The number of aromatic nitrogens is 1. The zero-order valence-electron chi connectivity index (χ0n) is 8.97. The predicted octanol–water partition coefficient (Wildman–Crippen LogP) is 1.24. The molecule has 0 N–H and O–H groups in total. The summed E-state index contributed by atoms with van der Waals surface area (Å²) in [5, 5.41) is 0. The molecule has 0 bridgehead atoms. The Balaban J connectivity index is 2.23. The van der Waals surface area contributed by atoms with E-state index >= 15 is 0 Å². The number of hydrogen-bond donors (Lipinski definition) is 0. The normalized spacial score (nSPS) is 15.1. The van der Waals surface area contributed by atoms with Crippen molar-refractivity contribution in [1.29, 1.82) is 0 Å². The van der Waals surface area contributed by atoms with Crippen LogP contribution in [-0.4, -0.2) is 35.0 Å². The lowest BCUT2D eigenvalue weighted by Gasteiger charge is -2.10. The number of amides is 2. The Kier molecular flexibility index (Phi) is 2.85. The molecule has 5 nitrogen and oxygen atoms in total. The van der Waals surface area contributed by atoms with Crippen molar-refractivity contribution in [3.8, 4) is 0 Å². The number of aryl methyl sites for hydroxylation is 1. The van der Waals surface area contributed by atoms with Gasteiger partial charge in [0.1, 0.15) is 6.61 Å². The summed E-state index contributed by atoms with van der Waals surface area (Å²) in [5.74, 6) is -0.320. The first-order chi connectivity index (χ1) is 7.72. The number of ether oxygens (including phenoxy) is 1. The first kappa shape index (κ1) is 10.6. The van der Waals surface area contributed by atoms with Crippen molar-refractivity contribution in [1.82, 2.24) is 9.88 Å². The van der Waals surface area contributed by atoms with Crippen molar-refractivity contribution in [3.63, 3.8) is 0 Å². The molecule has 1 aromatic rings. The molecular formula is C11H12N2O3. The highest BCUT2D eigenvalue weighted by molar-refractivity contribution is 6.03. The molecule has 0 spiro atoms. The van der Waals surface area contributed by atoms with Crippen LogP contribution in [0.3, 0.4) is 0 Å². The molecule has 1 fully saturated rings. The van der Waals surface area contributed by atoms with Crippen molar-refractivity contribution < 1.29 is 14.3 Å². The maximum atomic E-state index is 11.9. The second-order valence-corrected chi connectivity index (χ2v) is 3.46. The van der Waals surface area contributed by atoms with Crippen LogP contribution in [0, 0.1) is 0 Å².